The van der Waals surface area contributed by atoms with Crippen LogP contribution in [0.5, 0.6) is 0 Å². The summed E-state index contributed by atoms with van der Waals surface area (Å²) < 4.78 is 1.76. The molecule has 0 bridgehead atoms. The lowest BCUT2D eigenvalue weighted by Gasteiger charge is -2.14. The number of nitrogens with one attached hydrogen (secondary N) is 2. The SMILES string of the molecule is Cc1ccccc1C(=O)Nc1c2c(nn1C)CCNC2. The topological polar surface area (TPSA) is 59.0 Å². The van der Waals surface area contributed by atoms with Crippen LogP contribution in [0.1, 0.15) is 27.2 Å². The number of amides is 1. The summed E-state index contributed by atoms with van der Waals surface area (Å²) in [5.41, 5.74) is 3.84. The molecule has 0 atom stereocenters. The minimum absolute atomic E-state index is 0.0838. The Balaban J connectivity index is 1.90. The Morgan fingerprint density at radius 3 is 3.00 bits per heavy atom. The molecule has 0 spiro atoms. The summed E-state index contributed by atoms with van der Waals surface area (Å²) in [6.45, 7) is 3.64. The minimum atomic E-state index is -0.0838. The zero-order chi connectivity index (χ0) is 14.1. The second-order valence-electron chi connectivity index (χ2n) is 5.09. The fraction of sp³-hybridized carbons (Fsp3) is 0.333. The van der Waals surface area contributed by atoms with Crippen LogP contribution in [-0.2, 0) is 20.0 Å². The van der Waals surface area contributed by atoms with E-state index in [0.29, 0.717) is 5.56 Å². The van der Waals surface area contributed by atoms with Crippen molar-refractivity contribution in [3.63, 3.8) is 0 Å². The summed E-state index contributed by atoms with van der Waals surface area (Å²) in [7, 11) is 1.87. The van der Waals surface area contributed by atoms with E-state index in [1.807, 2.05) is 38.2 Å². The van der Waals surface area contributed by atoms with E-state index in [0.717, 1.165) is 42.1 Å². The molecular formula is C15H18N4O. The van der Waals surface area contributed by atoms with Crippen LogP contribution in [0.2, 0.25) is 0 Å². The van der Waals surface area contributed by atoms with Crippen LogP contribution in [0.25, 0.3) is 0 Å². The third-order valence-corrected chi connectivity index (χ3v) is 3.69. The molecule has 0 aliphatic carbocycles. The first-order chi connectivity index (χ1) is 9.66. The molecule has 3 rings (SSSR count). The van der Waals surface area contributed by atoms with Gasteiger partial charge in [0, 0.05) is 37.7 Å². The number of fused-ring (bicyclic) bond motifs is 1. The number of benzene rings is 1. The van der Waals surface area contributed by atoms with Gasteiger partial charge < -0.3 is 10.6 Å². The first-order valence-electron chi connectivity index (χ1n) is 6.79. The van der Waals surface area contributed by atoms with Gasteiger partial charge in [0.25, 0.3) is 5.91 Å². The lowest BCUT2D eigenvalue weighted by atomic mass is 10.1. The fourth-order valence-corrected chi connectivity index (χ4v) is 2.59. The van der Waals surface area contributed by atoms with E-state index in [-0.39, 0.29) is 5.91 Å². The number of rotatable bonds is 2. The highest BCUT2D eigenvalue weighted by Crippen LogP contribution is 2.23. The highest BCUT2D eigenvalue weighted by Gasteiger charge is 2.21. The number of aryl methyl sites for hydroxylation is 2. The van der Waals surface area contributed by atoms with Gasteiger partial charge in [-0.1, -0.05) is 18.2 Å². The predicted octanol–water partition coefficient (Wildman–Crippen LogP) is 1.63. The van der Waals surface area contributed by atoms with Gasteiger partial charge in [-0.15, -0.1) is 0 Å². The molecule has 1 aromatic heterocycles. The maximum absolute atomic E-state index is 12.4. The highest BCUT2D eigenvalue weighted by atomic mass is 16.1. The molecule has 0 fully saturated rings. The molecule has 1 aromatic carbocycles. The monoisotopic (exact) mass is 270 g/mol. The molecule has 0 saturated carbocycles. The van der Waals surface area contributed by atoms with Crippen LogP contribution in [-0.4, -0.2) is 22.2 Å². The summed E-state index contributed by atoms with van der Waals surface area (Å²) in [5.74, 6) is 0.708. The van der Waals surface area contributed by atoms with Gasteiger partial charge in [-0.2, -0.15) is 5.10 Å². The summed E-state index contributed by atoms with van der Waals surface area (Å²) in [4.78, 5) is 12.4. The smallest absolute Gasteiger partial charge is 0.257 e. The Labute approximate surface area is 118 Å². The Kier molecular flexibility index (Phi) is 3.28. The van der Waals surface area contributed by atoms with Gasteiger partial charge in [0.15, 0.2) is 0 Å². The fourth-order valence-electron chi connectivity index (χ4n) is 2.59. The lowest BCUT2D eigenvalue weighted by Crippen LogP contribution is -2.24. The molecule has 5 heteroatoms. The van der Waals surface area contributed by atoms with E-state index < -0.39 is 0 Å². The number of nitrogens with zero attached hydrogens (tertiary/aromatic N) is 2. The van der Waals surface area contributed by atoms with Crippen molar-refractivity contribution in [3.8, 4) is 0 Å². The van der Waals surface area contributed by atoms with Crippen LogP contribution in [0.15, 0.2) is 24.3 Å². The molecule has 104 valence electrons. The van der Waals surface area contributed by atoms with Gasteiger partial charge >= 0.3 is 0 Å². The van der Waals surface area contributed by atoms with E-state index in [4.69, 9.17) is 0 Å². The highest BCUT2D eigenvalue weighted by molar-refractivity contribution is 6.05. The zero-order valence-electron chi connectivity index (χ0n) is 11.7. The predicted molar refractivity (Wildman–Crippen MR) is 77.8 cm³/mol. The molecular weight excluding hydrogens is 252 g/mol. The van der Waals surface area contributed by atoms with Crippen LogP contribution in [0.4, 0.5) is 5.82 Å². The Morgan fingerprint density at radius 2 is 2.20 bits per heavy atom. The molecule has 20 heavy (non-hydrogen) atoms. The van der Waals surface area contributed by atoms with Gasteiger partial charge in [0.2, 0.25) is 0 Å². The average Bonchev–Trinajstić information content (AvgIpc) is 2.76. The van der Waals surface area contributed by atoms with Gasteiger partial charge in [-0.05, 0) is 18.6 Å². The van der Waals surface area contributed by atoms with Gasteiger partial charge in [0.1, 0.15) is 5.82 Å². The minimum Gasteiger partial charge on any atom is -0.312 e. The molecule has 1 aliphatic rings. The van der Waals surface area contributed by atoms with Crippen LogP contribution < -0.4 is 10.6 Å². The first kappa shape index (κ1) is 12.9. The quantitative estimate of drug-likeness (QED) is 0.872. The number of hydrogen-bond acceptors (Lipinski definition) is 3. The van der Waals surface area contributed by atoms with Crippen molar-refractivity contribution in [3.05, 3.63) is 46.6 Å². The van der Waals surface area contributed by atoms with Crippen molar-refractivity contribution >= 4 is 11.7 Å². The second-order valence-corrected chi connectivity index (χ2v) is 5.09. The van der Waals surface area contributed by atoms with Gasteiger partial charge in [-0.3, -0.25) is 9.48 Å². The van der Waals surface area contributed by atoms with Crippen molar-refractivity contribution in [2.75, 3.05) is 11.9 Å². The number of aromatic nitrogens is 2. The van der Waals surface area contributed by atoms with Crippen LogP contribution >= 0.6 is 0 Å². The van der Waals surface area contributed by atoms with Crippen LogP contribution in [0.3, 0.4) is 0 Å². The van der Waals surface area contributed by atoms with Crippen molar-refractivity contribution in [1.29, 1.82) is 0 Å². The van der Waals surface area contributed by atoms with E-state index in [1.165, 1.54) is 0 Å². The van der Waals surface area contributed by atoms with Crippen molar-refractivity contribution in [2.24, 2.45) is 7.05 Å². The molecule has 0 saturated heterocycles. The molecule has 5 nitrogen and oxygen atoms in total. The van der Waals surface area contributed by atoms with E-state index in [2.05, 4.69) is 15.7 Å². The first-order valence-corrected chi connectivity index (χ1v) is 6.79. The summed E-state index contributed by atoms with van der Waals surface area (Å²) >= 11 is 0. The molecule has 2 heterocycles. The van der Waals surface area contributed by atoms with E-state index in [1.54, 1.807) is 4.68 Å². The van der Waals surface area contributed by atoms with E-state index >= 15 is 0 Å². The largest absolute Gasteiger partial charge is 0.312 e. The standard InChI is InChI=1S/C15H18N4O/c1-10-5-3-4-6-11(10)15(20)17-14-12-9-16-8-7-13(12)18-19(14)2/h3-6,16H,7-9H2,1-2H3,(H,17,20). The van der Waals surface area contributed by atoms with Gasteiger partial charge in [-0.25, -0.2) is 0 Å². The molecule has 2 N–H and O–H groups in total. The molecule has 0 radical (unpaired) electrons. The van der Waals surface area contributed by atoms with Crippen molar-refractivity contribution < 1.29 is 4.79 Å². The number of anilines is 1. The van der Waals surface area contributed by atoms with Gasteiger partial charge in [0.05, 0.1) is 5.69 Å². The Hall–Kier alpha value is -2.14. The Morgan fingerprint density at radius 1 is 1.40 bits per heavy atom. The van der Waals surface area contributed by atoms with Crippen LogP contribution in [0, 0.1) is 6.92 Å². The molecule has 0 unspecified atom stereocenters. The third kappa shape index (κ3) is 2.20. The lowest BCUT2D eigenvalue weighted by molar-refractivity contribution is 0.102. The summed E-state index contributed by atoms with van der Waals surface area (Å²) in [6.07, 6.45) is 0.906. The normalized spacial score (nSPS) is 13.9. The number of carbonyl (C=O) groups excluding carboxylic acids is 1. The van der Waals surface area contributed by atoms with Crippen molar-refractivity contribution in [1.82, 2.24) is 15.1 Å². The third-order valence-electron chi connectivity index (χ3n) is 3.69. The maximum Gasteiger partial charge on any atom is 0.257 e. The summed E-state index contributed by atoms with van der Waals surface area (Å²) in [5, 5.41) is 10.8. The zero-order valence-corrected chi connectivity index (χ0v) is 11.7. The Bertz CT molecular complexity index is 660. The number of carbonyl (C=O) groups is 1. The summed E-state index contributed by atoms with van der Waals surface area (Å²) in [6, 6.07) is 7.59. The number of hydrogen-bond donors (Lipinski definition) is 2. The molecule has 1 aliphatic heterocycles. The molecule has 2 aromatic rings. The van der Waals surface area contributed by atoms with Crippen molar-refractivity contribution in [2.45, 2.75) is 19.9 Å². The molecule has 1 amide bonds. The second kappa shape index (κ2) is 5.09. The maximum atomic E-state index is 12.4. The van der Waals surface area contributed by atoms with E-state index in [9.17, 15) is 4.79 Å². The average molecular weight is 270 g/mol.